The monoisotopic (exact) mass is 494 g/mol. The number of fused-ring (bicyclic) bond motifs is 1. The average molecular weight is 495 g/mol. The molecule has 190 valence electrons. The van der Waals surface area contributed by atoms with E-state index in [1.54, 1.807) is 18.3 Å². The minimum atomic E-state index is -0.183. The van der Waals surface area contributed by atoms with Crippen molar-refractivity contribution in [2.24, 2.45) is 0 Å². The van der Waals surface area contributed by atoms with Crippen LogP contribution in [-0.2, 0) is 11.3 Å². The molecule has 6 nitrogen and oxygen atoms in total. The number of nitrogens with one attached hydrogen (secondary N) is 3. The van der Waals surface area contributed by atoms with Crippen LogP contribution in [0.2, 0.25) is 0 Å². The molecule has 37 heavy (non-hydrogen) atoms. The van der Waals surface area contributed by atoms with Crippen molar-refractivity contribution in [2.45, 2.75) is 45.2 Å². The number of hydrogen-bond donors (Lipinski definition) is 3. The normalized spacial score (nSPS) is 17.2. The lowest BCUT2D eigenvalue weighted by Gasteiger charge is -2.26. The first-order valence-electron chi connectivity index (χ1n) is 13.2. The van der Waals surface area contributed by atoms with Gasteiger partial charge in [0, 0.05) is 35.2 Å². The third-order valence-corrected chi connectivity index (χ3v) is 7.17. The summed E-state index contributed by atoms with van der Waals surface area (Å²) in [5.74, 6) is -0.342. The molecule has 2 aliphatic rings. The van der Waals surface area contributed by atoms with Crippen LogP contribution in [0.5, 0.6) is 0 Å². The minimum absolute atomic E-state index is 0.0672. The molecule has 1 saturated heterocycles. The molecule has 2 heterocycles. The van der Waals surface area contributed by atoms with Gasteiger partial charge >= 0.3 is 0 Å². The van der Waals surface area contributed by atoms with Crippen molar-refractivity contribution in [3.63, 3.8) is 0 Å². The largest absolute Gasteiger partial charge is 0.361 e. The van der Waals surface area contributed by atoms with E-state index in [0.717, 1.165) is 29.8 Å². The molecule has 0 aliphatic carbocycles. The summed E-state index contributed by atoms with van der Waals surface area (Å²) in [5.41, 5.74) is 5.80. The van der Waals surface area contributed by atoms with Gasteiger partial charge in [0.2, 0.25) is 0 Å². The number of carbonyl (C=O) groups is 2. The highest BCUT2D eigenvalue weighted by atomic mass is 16.2. The van der Waals surface area contributed by atoms with Gasteiger partial charge in [0.05, 0.1) is 11.6 Å². The van der Waals surface area contributed by atoms with Gasteiger partial charge in [-0.15, -0.1) is 0 Å². The maximum absolute atomic E-state index is 13.0. The molecule has 6 heteroatoms. The molecule has 0 radical (unpaired) electrons. The van der Waals surface area contributed by atoms with E-state index in [0.29, 0.717) is 16.8 Å². The van der Waals surface area contributed by atoms with Crippen LogP contribution < -0.4 is 16.0 Å². The summed E-state index contributed by atoms with van der Waals surface area (Å²) in [7, 11) is 0. The van der Waals surface area contributed by atoms with Gasteiger partial charge in [-0.1, -0.05) is 61.9 Å². The number of hydrogen-bond acceptors (Lipinski definition) is 4. The quantitative estimate of drug-likeness (QED) is 0.338. The highest BCUT2D eigenvalue weighted by Gasteiger charge is 2.25. The molecule has 1 atom stereocenters. The van der Waals surface area contributed by atoms with Crippen molar-refractivity contribution in [1.82, 2.24) is 10.2 Å². The lowest BCUT2D eigenvalue weighted by Crippen LogP contribution is -2.29. The van der Waals surface area contributed by atoms with Crippen LogP contribution in [0.1, 0.15) is 65.7 Å². The topological polar surface area (TPSA) is 73.5 Å². The summed E-state index contributed by atoms with van der Waals surface area (Å²) in [6.45, 7) is 5.39. The lowest BCUT2D eigenvalue weighted by atomic mass is 10.0. The first kappa shape index (κ1) is 24.8. The van der Waals surface area contributed by atoms with Gasteiger partial charge in [0.15, 0.2) is 0 Å². The zero-order valence-corrected chi connectivity index (χ0v) is 21.3. The number of anilines is 2. The molecule has 0 aromatic heterocycles. The summed E-state index contributed by atoms with van der Waals surface area (Å²) in [5, 5.41) is 9.27. The second kappa shape index (κ2) is 11.4. The number of likely N-dealkylation sites (tertiary alicyclic amines) is 1. The van der Waals surface area contributed by atoms with Crippen LogP contribution in [0.3, 0.4) is 0 Å². The van der Waals surface area contributed by atoms with Gasteiger partial charge in [-0.25, -0.2) is 0 Å². The first-order valence-corrected chi connectivity index (χ1v) is 13.2. The maximum Gasteiger partial charge on any atom is 0.257 e. The fourth-order valence-electron chi connectivity index (χ4n) is 5.06. The summed E-state index contributed by atoms with van der Waals surface area (Å²) in [6.07, 6.45) is 6.44. The second-order valence-electron chi connectivity index (χ2n) is 9.80. The van der Waals surface area contributed by atoms with Crippen molar-refractivity contribution < 1.29 is 9.59 Å². The van der Waals surface area contributed by atoms with E-state index < -0.39 is 0 Å². The summed E-state index contributed by atoms with van der Waals surface area (Å²) in [6, 6.07) is 23.6. The Morgan fingerprint density at radius 1 is 1.00 bits per heavy atom. The number of rotatable bonds is 8. The molecule has 0 bridgehead atoms. The van der Waals surface area contributed by atoms with E-state index in [1.807, 2.05) is 43.3 Å². The molecule has 3 N–H and O–H groups in total. The molecular weight excluding hydrogens is 460 g/mol. The van der Waals surface area contributed by atoms with Crippen molar-refractivity contribution >= 4 is 28.8 Å². The molecule has 1 fully saturated rings. The smallest absolute Gasteiger partial charge is 0.257 e. The maximum atomic E-state index is 13.0. The molecule has 2 aliphatic heterocycles. The van der Waals surface area contributed by atoms with E-state index in [4.69, 9.17) is 0 Å². The van der Waals surface area contributed by atoms with E-state index in [2.05, 4.69) is 45.1 Å². The Balaban J connectivity index is 1.24. The van der Waals surface area contributed by atoms with Gasteiger partial charge in [-0.2, -0.15) is 0 Å². The number of amides is 2. The van der Waals surface area contributed by atoms with Crippen LogP contribution >= 0.6 is 0 Å². The van der Waals surface area contributed by atoms with Gasteiger partial charge in [0.25, 0.3) is 11.8 Å². The molecule has 0 spiro atoms. The minimum Gasteiger partial charge on any atom is -0.361 e. The molecular formula is C31H34N4O2. The zero-order valence-electron chi connectivity index (χ0n) is 21.3. The van der Waals surface area contributed by atoms with Crippen LogP contribution in [0.15, 0.2) is 79.0 Å². The fraction of sp³-hybridized carbons (Fsp3) is 0.290. The Labute approximate surface area is 218 Å². The van der Waals surface area contributed by atoms with Crippen LogP contribution in [-0.4, -0.2) is 29.8 Å². The van der Waals surface area contributed by atoms with Crippen molar-refractivity contribution in [1.29, 1.82) is 0 Å². The van der Waals surface area contributed by atoms with Gasteiger partial charge < -0.3 is 16.0 Å². The molecule has 0 saturated carbocycles. The Morgan fingerprint density at radius 3 is 2.49 bits per heavy atom. The molecule has 5 rings (SSSR count). The Hall–Kier alpha value is -3.90. The summed E-state index contributed by atoms with van der Waals surface area (Å²) < 4.78 is 0. The zero-order chi connectivity index (χ0) is 25.6. The van der Waals surface area contributed by atoms with E-state index in [9.17, 15) is 9.59 Å². The van der Waals surface area contributed by atoms with Crippen LogP contribution in [0.25, 0.3) is 5.57 Å². The van der Waals surface area contributed by atoms with Gasteiger partial charge in [-0.05, 0) is 67.7 Å². The third kappa shape index (κ3) is 5.92. The van der Waals surface area contributed by atoms with E-state index >= 15 is 0 Å². The number of benzene rings is 3. The molecule has 2 amide bonds. The first-order chi connectivity index (χ1) is 18.1. The molecule has 3 aromatic rings. The molecule has 3 aromatic carbocycles. The summed E-state index contributed by atoms with van der Waals surface area (Å²) in [4.78, 5) is 28.2. The highest BCUT2D eigenvalue weighted by Crippen LogP contribution is 2.33. The SMILES string of the molecule is CC[C@H](NC(=O)c1ccc2c(c1)NC(=O)C2=CNc1ccc(CN2CCCCC2)cc1)c1ccccc1. The standard InChI is InChI=1S/C31H34N4O2/c1-2-28(23-9-5-3-6-10-23)33-30(36)24-13-16-26-27(31(37)34-29(26)19-24)20-32-25-14-11-22(12-15-25)21-35-17-7-4-8-18-35/h3,5-6,9-16,19-20,28,32H,2,4,7-8,17-18,21H2,1H3,(H,33,36)(H,34,37)/t28-/m0/s1. The Morgan fingerprint density at radius 2 is 1.76 bits per heavy atom. The lowest BCUT2D eigenvalue weighted by molar-refractivity contribution is -0.110. The average Bonchev–Trinajstić information content (AvgIpc) is 3.26. The van der Waals surface area contributed by atoms with Crippen LogP contribution in [0, 0.1) is 0 Å². The van der Waals surface area contributed by atoms with E-state index in [1.165, 1.54) is 37.9 Å². The van der Waals surface area contributed by atoms with Gasteiger partial charge in [0.1, 0.15) is 0 Å². The number of carbonyl (C=O) groups excluding carboxylic acids is 2. The Kier molecular flexibility index (Phi) is 7.66. The summed E-state index contributed by atoms with van der Waals surface area (Å²) >= 11 is 0. The van der Waals surface area contributed by atoms with Gasteiger partial charge in [-0.3, -0.25) is 14.5 Å². The van der Waals surface area contributed by atoms with Crippen molar-refractivity contribution in [3.8, 4) is 0 Å². The fourth-order valence-corrected chi connectivity index (χ4v) is 5.06. The molecule has 0 unspecified atom stereocenters. The van der Waals surface area contributed by atoms with Crippen molar-refractivity contribution in [3.05, 3.63) is 101 Å². The highest BCUT2D eigenvalue weighted by molar-refractivity contribution is 6.32. The third-order valence-electron chi connectivity index (χ3n) is 7.17. The Bertz CT molecular complexity index is 1280. The second-order valence-corrected chi connectivity index (χ2v) is 9.80. The number of piperidine rings is 1. The predicted octanol–water partition coefficient (Wildman–Crippen LogP) is 5.96. The van der Waals surface area contributed by atoms with Crippen LogP contribution in [0.4, 0.5) is 11.4 Å². The predicted molar refractivity (Wildman–Crippen MR) is 149 cm³/mol. The van der Waals surface area contributed by atoms with E-state index in [-0.39, 0.29) is 17.9 Å². The van der Waals surface area contributed by atoms with Crippen molar-refractivity contribution in [2.75, 3.05) is 23.7 Å². The number of nitrogens with zero attached hydrogens (tertiary/aromatic N) is 1.